The maximum atomic E-state index is 13.0. The van der Waals surface area contributed by atoms with Gasteiger partial charge < -0.3 is 14.4 Å². The van der Waals surface area contributed by atoms with E-state index in [0.29, 0.717) is 29.4 Å². The summed E-state index contributed by atoms with van der Waals surface area (Å²) in [6.07, 6.45) is 8.10. The molecule has 2 aliphatic heterocycles. The third kappa shape index (κ3) is 4.72. The van der Waals surface area contributed by atoms with Crippen LogP contribution in [-0.4, -0.2) is 49.3 Å². The average molecular weight is 338 g/mol. The van der Waals surface area contributed by atoms with Gasteiger partial charge in [-0.05, 0) is 56.3 Å². The normalized spacial score (nSPS) is 32.7. The Morgan fingerprint density at radius 1 is 1.04 bits per heavy atom. The molecule has 0 radical (unpaired) electrons. The number of piperidine rings is 1. The molecule has 1 saturated carbocycles. The van der Waals surface area contributed by atoms with E-state index in [0.717, 1.165) is 64.8 Å². The van der Waals surface area contributed by atoms with Crippen LogP contribution in [-0.2, 0) is 14.3 Å². The van der Waals surface area contributed by atoms with Crippen LogP contribution in [0.1, 0.15) is 65.7 Å². The Labute approximate surface area is 147 Å². The van der Waals surface area contributed by atoms with E-state index in [4.69, 9.17) is 9.47 Å². The topological polar surface area (TPSA) is 38.8 Å². The molecule has 2 atom stereocenters. The second kappa shape index (κ2) is 7.74. The van der Waals surface area contributed by atoms with Gasteiger partial charge in [0, 0.05) is 32.2 Å². The lowest BCUT2D eigenvalue weighted by molar-refractivity contribution is -0.143. The Kier molecular flexibility index (Phi) is 5.86. The molecule has 4 nitrogen and oxygen atoms in total. The second-order valence-electron chi connectivity index (χ2n) is 9.08. The molecule has 3 aliphatic rings. The first kappa shape index (κ1) is 18.2. The van der Waals surface area contributed by atoms with Crippen molar-refractivity contribution in [3.05, 3.63) is 0 Å². The fourth-order valence-corrected chi connectivity index (χ4v) is 5.09. The third-order valence-corrected chi connectivity index (χ3v) is 6.04. The van der Waals surface area contributed by atoms with Gasteiger partial charge in [0.1, 0.15) is 0 Å². The number of carbonyl (C=O) groups is 1. The van der Waals surface area contributed by atoms with E-state index >= 15 is 0 Å². The summed E-state index contributed by atoms with van der Waals surface area (Å²) < 4.78 is 11.6. The Morgan fingerprint density at radius 3 is 2.29 bits per heavy atom. The predicted molar refractivity (Wildman–Crippen MR) is 94.8 cm³/mol. The molecule has 138 valence electrons. The zero-order valence-corrected chi connectivity index (χ0v) is 15.8. The summed E-state index contributed by atoms with van der Waals surface area (Å²) in [7, 11) is 0. The lowest BCUT2D eigenvalue weighted by atomic mass is 9.67. The smallest absolute Gasteiger partial charge is 0.225 e. The van der Waals surface area contributed by atoms with E-state index in [2.05, 4.69) is 25.7 Å². The first-order valence-corrected chi connectivity index (χ1v) is 9.95. The summed E-state index contributed by atoms with van der Waals surface area (Å²) in [6.45, 7) is 10.3. The predicted octanol–water partition coefficient (Wildman–Crippen LogP) is 3.64. The minimum atomic E-state index is 0.233. The number of amides is 1. The van der Waals surface area contributed by atoms with Gasteiger partial charge in [0.05, 0.1) is 12.2 Å². The molecule has 24 heavy (non-hydrogen) atoms. The molecule has 0 spiro atoms. The lowest BCUT2D eigenvalue weighted by Gasteiger charge is -2.41. The standard InChI is InChI=1S/C20H35NO3/c1-15-12-16(14-20(2,3)13-15)19(22)21-8-4-17(5-9-21)24-18-6-10-23-11-7-18/h15-18H,4-14H2,1-3H3/t15-,16+/m1/s1. The van der Waals surface area contributed by atoms with Crippen molar-refractivity contribution in [2.75, 3.05) is 26.3 Å². The van der Waals surface area contributed by atoms with Crippen LogP contribution in [0.5, 0.6) is 0 Å². The molecule has 1 amide bonds. The molecule has 3 fully saturated rings. The van der Waals surface area contributed by atoms with Crippen LogP contribution in [0, 0.1) is 17.3 Å². The fraction of sp³-hybridized carbons (Fsp3) is 0.950. The van der Waals surface area contributed by atoms with E-state index < -0.39 is 0 Å². The number of rotatable bonds is 3. The number of nitrogens with zero attached hydrogens (tertiary/aromatic N) is 1. The van der Waals surface area contributed by atoms with E-state index in [1.807, 2.05) is 0 Å². The van der Waals surface area contributed by atoms with Gasteiger partial charge in [-0.1, -0.05) is 20.8 Å². The quantitative estimate of drug-likeness (QED) is 0.789. The van der Waals surface area contributed by atoms with Gasteiger partial charge in [-0.3, -0.25) is 4.79 Å². The summed E-state index contributed by atoms with van der Waals surface area (Å²) in [5, 5.41) is 0. The van der Waals surface area contributed by atoms with Crippen molar-refractivity contribution >= 4 is 5.91 Å². The molecule has 4 heteroatoms. The molecule has 1 aliphatic carbocycles. The Balaban J connectivity index is 1.46. The first-order valence-electron chi connectivity index (χ1n) is 9.95. The van der Waals surface area contributed by atoms with Crippen LogP contribution >= 0.6 is 0 Å². The summed E-state index contributed by atoms with van der Waals surface area (Å²) >= 11 is 0. The Morgan fingerprint density at radius 2 is 1.67 bits per heavy atom. The van der Waals surface area contributed by atoms with Gasteiger partial charge in [0.25, 0.3) is 0 Å². The van der Waals surface area contributed by atoms with Gasteiger partial charge in [-0.2, -0.15) is 0 Å². The molecule has 2 heterocycles. The lowest BCUT2D eigenvalue weighted by Crippen LogP contribution is -2.46. The first-order chi connectivity index (χ1) is 11.4. The summed E-state index contributed by atoms with van der Waals surface area (Å²) in [5.41, 5.74) is 0.308. The van der Waals surface area contributed by atoms with Crippen molar-refractivity contribution in [3.8, 4) is 0 Å². The molecular weight excluding hydrogens is 302 g/mol. The van der Waals surface area contributed by atoms with Crippen molar-refractivity contribution in [3.63, 3.8) is 0 Å². The van der Waals surface area contributed by atoms with Crippen molar-refractivity contribution in [2.24, 2.45) is 17.3 Å². The van der Waals surface area contributed by atoms with Gasteiger partial charge in [0.15, 0.2) is 0 Å². The van der Waals surface area contributed by atoms with Gasteiger partial charge >= 0.3 is 0 Å². The van der Waals surface area contributed by atoms with Crippen molar-refractivity contribution in [2.45, 2.75) is 77.9 Å². The highest BCUT2D eigenvalue weighted by Crippen LogP contribution is 2.42. The molecule has 2 saturated heterocycles. The molecule has 3 rings (SSSR count). The zero-order valence-electron chi connectivity index (χ0n) is 15.8. The molecule has 0 bridgehead atoms. The van der Waals surface area contributed by atoms with E-state index in [9.17, 15) is 4.79 Å². The minimum absolute atomic E-state index is 0.233. The van der Waals surface area contributed by atoms with Crippen LogP contribution in [0.4, 0.5) is 0 Å². The maximum absolute atomic E-state index is 13.0. The monoisotopic (exact) mass is 337 g/mol. The average Bonchev–Trinajstić information content (AvgIpc) is 2.54. The Hall–Kier alpha value is -0.610. The second-order valence-corrected chi connectivity index (χ2v) is 9.08. The van der Waals surface area contributed by atoms with Gasteiger partial charge in [-0.25, -0.2) is 0 Å². The molecule has 0 unspecified atom stereocenters. The number of carbonyl (C=O) groups excluding carboxylic acids is 1. The maximum Gasteiger partial charge on any atom is 0.225 e. The molecule has 0 N–H and O–H groups in total. The van der Waals surface area contributed by atoms with Crippen LogP contribution in [0.15, 0.2) is 0 Å². The van der Waals surface area contributed by atoms with Crippen molar-refractivity contribution in [1.29, 1.82) is 0 Å². The molecular formula is C20H35NO3. The number of hydrogen-bond acceptors (Lipinski definition) is 3. The zero-order chi connectivity index (χ0) is 17.2. The van der Waals surface area contributed by atoms with E-state index in [1.54, 1.807) is 0 Å². The number of hydrogen-bond donors (Lipinski definition) is 0. The van der Waals surface area contributed by atoms with Crippen LogP contribution in [0.2, 0.25) is 0 Å². The minimum Gasteiger partial charge on any atom is -0.381 e. The van der Waals surface area contributed by atoms with Crippen molar-refractivity contribution in [1.82, 2.24) is 4.90 Å². The van der Waals surface area contributed by atoms with Gasteiger partial charge in [0.2, 0.25) is 5.91 Å². The molecule has 0 aromatic heterocycles. The highest BCUT2D eigenvalue weighted by atomic mass is 16.5. The van der Waals surface area contributed by atoms with Crippen LogP contribution in [0.3, 0.4) is 0 Å². The summed E-state index contributed by atoms with van der Waals surface area (Å²) in [4.78, 5) is 15.1. The summed E-state index contributed by atoms with van der Waals surface area (Å²) in [5.74, 6) is 1.30. The SMILES string of the molecule is C[C@@H]1C[C@H](C(=O)N2CCC(OC3CCOCC3)CC2)CC(C)(C)C1. The van der Waals surface area contributed by atoms with Crippen LogP contribution < -0.4 is 0 Å². The fourth-order valence-electron chi connectivity index (χ4n) is 5.09. The van der Waals surface area contributed by atoms with Gasteiger partial charge in [-0.15, -0.1) is 0 Å². The highest BCUT2D eigenvalue weighted by molar-refractivity contribution is 5.79. The van der Waals surface area contributed by atoms with E-state index in [1.165, 1.54) is 6.42 Å². The van der Waals surface area contributed by atoms with Crippen LogP contribution in [0.25, 0.3) is 0 Å². The highest BCUT2D eigenvalue weighted by Gasteiger charge is 2.38. The largest absolute Gasteiger partial charge is 0.381 e. The third-order valence-electron chi connectivity index (χ3n) is 6.04. The van der Waals surface area contributed by atoms with Crippen molar-refractivity contribution < 1.29 is 14.3 Å². The molecule has 0 aromatic carbocycles. The molecule has 0 aromatic rings. The number of likely N-dealkylation sites (tertiary alicyclic amines) is 1. The van der Waals surface area contributed by atoms with E-state index in [-0.39, 0.29) is 5.92 Å². The Bertz CT molecular complexity index is 423. The summed E-state index contributed by atoms with van der Waals surface area (Å²) in [6, 6.07) is 0. The number of ether oxygens (including phenoxy) is 2.